The van der Waals surface area contributed by atoms with E-state index >= 15 is 0 Å². The lowest BCUT2D eigenvalue weighted by atomic mass is 9.96. The number of nitrogens with one attached hydrogen (secondary N) is 1. The molecule has 2 aromatic carbocycles. The van der Waals surface area contributed by atoms with Crippen LogP contribution in [0.5, 0.6) is 17.2 Å². The Morgan fingerprint density at radius 2 is 1.68 bits per heavy atom. The second kappa shape index (κ2) is 10.2. The minimum absolute atomic E-state index is 0.0556. The number of carbonyl (C=O) groups is 2. The predicted molar refractivity (Wildman–Crippen MR) is 117 cm³/mol. The zero-order chi connectivity index (χ0) is 22.4. The van der Waals surface area contributed by atoms with Crippen LogP contribution in [0.2, 0.25) is 0 Å². The van der Waals surface area contributed by atoms with Crippen LogP contribution in [-0.4, -0.2) is 50.1 Å². The molecule has 7 nitrogen and oxygen atoms in total. The molecular weight excluding hydrogens is 396 g/mol. The van der Waals surface area contributed by atoms with E-state index in [-0.39, 0.29) is 24.3 Å². The highest BCUT2D eigenvalue weighted by molar-refractivity contribution is 5.88. The first-order chi connectivity index (χ1) is 14.9. The van der Waals surface area contributed by atoms with E-state index in [1.807, 2.05) is 44.2 Å². The number of hydrogen-bond donors (Lipinski definition) is 1. The fourth-order valence-electron chi connectivity index (χ4n) is 3.66. The van der Waals surface area contributed by atoms with Crippen molar-refractivity contribution >= 4 is 11.8 Å². The molecule has 0 bridgehead atoms. The van der Waals surface area contributed by atoms with Gasteiger partial charge in [-0.2, -0.15) is 0 Å². The van der Waals surface area contributed by atoms with Gasteiger partial charge in [-0.3, -0.25) is 9.59 Å². The quantitative estimate of drug-likeness (QED) is 0.702. The second-order valence-corrected chi connectivity index (χ2v) is 7.88. The topological polar surface area (TPSA) is 77.1 Å². The fourth-order valence-corrected chi connectivity index (χ4v) is 3.66. The Balaban J connectivity index is 1.65. The number of carbonyl (C=O) groups excluding carboxylic acids is 2. The Kier molecular flexibility index (Phi) is 7.39. The van der Waals surface area contributed by atoms with Gasteiger partial charge in [0.2, 0.25) is 5.91 Å². The second-order valence-electron chi connectivity index (χ2n) is 7.88. The summed E-state index contributed by atoms with van der Waals surface area (Å²) < 4.78 is 16.3. The zero-order valence-electron chi connectivity index (χ0n) is 18.5. The van der Waals surface area contributed by atoms with Crippen molar-refractivity contribution in [1.29, 1.82) is 0 Å². The fraction of sp³-hybridized carbons (Fsp3) is 0.417. The first kappa shape index (κ1) is 22.5. The summed E-state index contributed by atoms with van der Waals surface area (Å²) in [5, 5.41) is 2.85. The van der Waals surface area contributed by atoms with Crippen LogP contribution >= 0.6 is 0 Å². The van der Waals surface area contributed by atoms with Crippen molar-refractivity contribution < 1.29 is 23.8 Å². The van der Waals surface area contributed by atoms with E-state index in [9.17, 15) is 9.59 Å². The Hall–Kier alpha value is -3.22. The lowest BCUT2D eigenvalue weighted by Crippen LogP contribution is -2.53. The van der Waals surface area contributed by atoms with Crippen LogP contribution in [0.3, 0.4) is 0 Å². The highest BCUT2D eigenvalue weighted by Gasteiger charge is 2.31. The smallest absolute Gasteiger partial charge is 0.258 e. The minimum atomic E-state index is -0.617. The van der Waals surface area contributed by atoms with Gasteiger partial charge in [0.15, 0.2) is 18.1 Å². The molecular formula is C24H30N2O5. The van der Waals surface area contributed by atoms with Gasteiger partial charge in [-0.1, -0.05) is 32.0 Å². The van der Waals surface area contributed by atoms with E-state index in [0.29, 0.717) is 30.3 Å². The number of para-hydroxylation sites is 1. The summed E-state index contributed by atoms with van der Waals surface area (Å²) in [4.78, 5) is 27.5. The van der Waals surface area contributed by atoms with E-state index in [1.165, 1.54) is 0 Å². The first-order valence-electron chi connectivity index (χ1n) is 10.4. The van der Waals surface area contributed by atoms with Crippen molar-refractivity contribution in [2.24, 2.45) is 5.92 Å². The highest BCUT2D eigenvalue weighted by atomic mass is 16.5. The van der Waals surface area contributed by atoms with Crippen LogP contribution in [-0.2, 0) is 22.6 Å². The third kappa shape index (κ3) is 5.48. The van der Waals surface area contributed by atoms with Crippen molar-refractivity contribution in [3.8, 4) is 17.2 Å². The van der Waals surface area contributed by atoms with Crippen molar-refractivity contribution in [2.45, 2.75) is 32.9 Å². The summed E-state index contributed by atoms with van der Waals surface area (Å²) >= 11 is 0. The Morgan fingerprint density at radius 3 is 2.29 bits per heavy atom. The summed E-state index contributed by atoms with van der Waals surface area (Å²) in [6, 6.07) is 12.4. The summed E-state index contributed by atoms with van der Waals surface area (Å²) in [5.74, 6) is 1.47. The Morgan fingerprint density at radius 1 is 1.03 bits per heavy atom. The van der Waals surface area contributed by atoms with E-state index in [1.54, 1.807) is 31.3 Å². The molecule has 0 saturated carbocycles. The van der Waals surface area contributed by atoms with Crippen LogP contribution in [0.1, 0.15) is 25.0 Å². The van der Waals surface area contributed by atoms with Gasteiger partial charge in [0.05, 0.1) is 14.2 Å². The van der Waals surface area contributed by atoms with Gasteiger partial charge < -0.3 is 24.4 Å². The average Bonchev–Trinajstić information content (AvgIpc) is 2.79. The molecule has 2 aromatic rings. The molecule has 1 aliphatic heterocycles. The summed E-state index contributed by atoms with van der Waals surface area (Å²) in [7, 11) is 3.21. The molecule has 0 saturated heterocycles. The van der Waals surface area contributed by atoms with Gasteiger partial charge in [0, 0.05) is 13.1 Å². The van der Waals surface area contributed by atoms with E-state index in [0.717, 1.165) is 17.5 Å². The van der Waals surface area contributed by atoms with Crippen LogP contribution in [0, 0.1) is 5.92 Å². The number of methoxy groups -OCH3 is 2. The van der Waals surface area contributed by atoms with E-state index in [4.69, 9.17) is 14.2 Å². The lowest BCUT2D eigenvalue weighted by molar-refractivity contribution is -0.139. The molecule has 31 heavy (non-hydrogen) atoms. The van der Waals surface area contributed by atoms with Crippen molar-refractivity contribution in [3.63, 3.8) is 0 Å². The number of nitrogens with zero attached hydrogens (tertiary/aromatic N) is 1. The van der Waals surface area contributed by atoms with Crippen molar-refractivity contribution in [1.82, 2.24) is 10.2 Å². The largest absolute Gasteiger partial charge is 0.493 e. The third-order valence-electron chi connectivity index (χ3n) is 5.39. The van der Waals surface area contributed by atoms with Gasteiger partial charge in [-0.15, -0.1) is 0 Å². The molecule has 2 amide bonds. The molecule has 3 rings (SSSR count). The Bertz CT molecular complexity index is 914. The Labute approximate surface area is 183 Å². The van der Waals surface area contributed by atoms with Crippen molar-refractivity contribution in [3.05, 3.63) is 53.6 Å². The molecule has 1 unspecified atom stereocenters. The molecule has 166 valence electrons. The summed E-state index contributed by atoms with van der Waals surface area (Å²) in [6.07, 6.45) is 0.720. The molecule has 0 fully saturated rings. The molecule has 1 N–H and O–H groups in total. The molecule has 0 aromatic heterocycles. The number of fused-ring (bicyclic) bond motifs is 1. The molecule has 0 radical (unpaired) electrons. The maximum absolute atomic E-state index is 13.3. The van der Waals surface area contributed by atoms with Crippen LogP contribution in [0.4, 0.5) is 0 Å². The first-order valence-corrected chi connectivity index (χ1v) is 10.4. The molecule has 0 spiro atoms. The number of hydrogen-bond acceptors (Lipinski definition) is 5. The zero-order valence-corrected chi connectivity index (χ0v) is 18.5. The number of benzene rings is 2. The molecule has 1 aliphatic rings. The van der Waals surface area contributed by atoms with Crippen LogP contribution < -0.4 is 19.5 Å². The van der Waals surface area contributed by atoms with Crippen LogP contribution in [0.25, 0.3) is 0 Å². The van der Waals surface area contributed by atoms with Gasteiger partial charge in [-0.05, 0) is 47.7 Å². The lowest BCUT2D eigenvalue weighted by Gasteiger charge is -2.33. The monoisotopic (exact) mass is 426 g/mol. The predicted octanol–water partition coefficient (Wildman–Crippen LogP) is 2.81. The summed E-state index contributed by atoms with van der Waals surface area (Å²) in [5.41, 5.74) is 2.17. The standard InChI is InChI=1S/C24H30N2O5/c1-16(2)23(25-22(27)15-31-19-8-6-5-7-9-19)24(28)26-11-10-17-12-20(29-3)21(30-4)13-18(17)14-26/h5-9,12-13,16,23H,10-11,14-15H2,1-4H3,(H,25,27). The number of amides is 2. The maximum atomic E-state index is 13.3. The van der Waals surface area contributed by atoms with Crippen LogP contribution in [0.15, 0.2) is 42.5 Å². The molecule has 0 aliphatic carbocycles. The number of ether oxygens (including phenoxy) is 3. The van der Waals surface area contributed by atoms with E-state index in [2.05, 4.69) is 5.32 Å². The average molecular weight is 427 g/mol. The van der Waals surface area contributed by atoms with Crippen molar-refractivity contribution in [2.75, 3.05) is 27.4 Å². The van der Waals surface area contributed by atoms with Gasteiger partial charge in [-0.25, -0.2) is 0 Å². The third-order valence-corrected chi connectivity index (χ3v) is 5.39. The van der Waals surface area contributed by atoms with Gasteiger partial charge >= 0.3 is 0 Å². The normalized spacial score (nSPS) is 13.9. The molecule has 1 atom stereocenters. The number of rotatable bonds is 8. The SMILES string of the molecule is COc1cc2c(cc1OC)CN(C(=O)C(NC(=O)COc1ccccc1)C(C)C)CC2. The minimum Gasteiger partial charge on any atom is -0.493 e. The van der Waals surface area contributed by atoms with Gasteiger partial charge in [0.25, 0.3) is 5.91 Å². The maximum Gasteiger partial charge on any atom is 0.258 e. The highest BCUT2D eigenvalue weighted by Crippen LogP contribution is 2.33. The van der Waals surface area contributed by atoms with Gasteiger partial charge in [0.1, 0.15) is 11.8 Å². The molecule has 7 heteroatoms. The summed E-state index contributed by atoms with van der Waals surface area (Å²) in [6.45, 7) is 4.76. The molecule has 1 heterocycles. The van der Waals surface area contributed by atoms with E-state index < -0.39 is 6.04 Å².